The second-order valence-corrected chi connectivity index (χ2v) is 27.0. The third-order valence-electron chi connectivity index (χ3n) is 16.3. The van der Waals surface area contributed by atoms with Crippen LogP contribution in [0.15, 0.2) is 114 Å². The van der Waals surface area contributed by atoms with Gasteiger partial charge in [-0.2, -0.15) is 0 Å². The lowest BCUT2D eigenvalue weighted by Crippen LogP contribution is -2.77. The lowest BCUT2D eigenvalue weighted by Gasteiger charge is -2.63. The second kappa shape index (κ2) is 20.4. The molecule has 2 aliphatic heterocycles. The molecule has 3 fully saturated rings. The predicted octanol–water partition coefficient (Wildman–Crippen LogP) is 8.78. The van der Waals surface area contributed by atoms with Crippen molar-refractivity contribution in [2.45, 2.75) is 154 Å². The van der Waals surface area contributed by atoms with Gasteiger partial charge in [-0.05, 0) is 72.8 Å². The zero-order chi connectivity index (χ0) is 53.6. The molecule has 3 aromatic rings. The normalized spacial score (nSPS) is 28.4. The van der Waals surface area contributed by atoms with Gasteiger partial charge in [0.25, 0.3) is 5.91 Å². The third kappa shape index (κ3) is 9.85. The van der Waals surface area contributed by atoms with Crippen LogP contribution in [0.1, 0.15) is 109 Å². The highest BCUT2D eigenvalue weighted by Gasteiger charge is 2.78. The maximum absolute atomic E-state index is 15.7. The molecule has 17 heteroatoms. The zero-order valence-electron chi connectivity index (χ0n) is 43.7. The van der Waals surface area contributed by atoms with E-state index in [0.717, 1.165) is 5.56 Å². The van der Waals surface area contributed by atoms with E-state index in [4.69, 9.17) is 37.6 Å². The molecule has 8 rings (SSSR count). The number of allylic oxidation sites excluding steroid dienone is 1. The Bertz CT molecular complexity index is 2730. The number of hydrogen-bond acceptors (Lipinski definition) is 15. The summed E-state index contributed by atoms with van der Waals surface area (Å²) >= 11 is 0. The molecule has 1 amide bonds. The van der Waals surface area contributed by atoms with Crippen LogP contribution >= 0.6 is 0 Å². The van der Waals surface area contributed by atoms with E-state index in [9.17, 15) is 24.0 Å². The molecule has 0 radical (unpaired) electrons. The van der Waals surface area contributed by atoms with E-state index < -0.39 is 120 Å². The van der Waals surface area contributed by atoms with E-state index in [0.29, 0.717) is 16.7 Å². The number of esters is 4. The summed E-state index contributed by atoms with van der Waals surface area (Å²) in [5, 5.41) is 2.65. The summed E-state index contributed by atoms with van der Waals surface area (Å²) in [7, 11) is -2.90. The number of carbonyl (C=O) groups is 7. The van der Waals surface area contributed by atoms with Crippen molar-refractivity contribution in [3.63, 3.8) is 0 Å². The average molecular weight is 1030 g/mol. The van der Waals surface area contributed by atoms with Crippen LogP contribution in [0.4, 0.5) is 4.79 Å². The van der Waals surface area contributed by atoms with Crippen LogP contribution in [0.3, 0.4) is 0 Å². The molecule has 0 aromatic heterocycles. The number of ketones is 1. The first-order valence-corrected chi connectivity index (χ1v) is 28.1. The molecule has 0 unspecified atom stereocenters. The Morgan fingerprint density at radius 1 is 0.851 bits per heavy atom. The summed E-state index contributed by atoms with van der Waals surface area (Å²) in [6.45, 7) is 17.9. The van der Waals surface area contributed by atoms with E-state index in [1.54, 1.807) is 94.4 Å². The van der Waals surface area contributed by atoms with Crippen LogP contribution < -0.4 is 5.32 Å². The molecule has 1 spiro atoms. The number of Topliss-reactive ketones (excluding diaryl/α,β-unsaturated/α-hetero) is 1. The van der Waals surface area contributed by atoms with Crippen molar-refractivity contribution in [3.8, 4) is 0 Å². The number of amides is 1. The number of carbonyl (C=O) groups excluding carboxylic acids is 7. The van der Waals surface area contributed by atoms with Crippen molar-refractivity contribution >= 4 is 50.0 Å². The van der Waals surface area contributed by atoms with Gasteiger partial charge in [0, 0.05) is 37.2 Å². The molecule has 3 aromatic carbocycles. The quantitative estimate of drug-likeness (QED) is 0.0616. The SMILES string of the molecule is CC(=O)O[C@H]1C(=O)[C@]2(C)C=C[C@H]3OC[C@@]3(OC(=O)CCCC(=O)OCc3ccccc3)[C@H]2[C@@H]2OC(=O)O[C@]23C[C@H](OC(=O)[C@H](O[Si](C)(C)C(C)(C)C)[C@@H](NC(=O)c2ccccc2)c2ccccc2)C(C)=C1C3(C)C. The number of nitrogens with one attached hydrogen (secondary N) is 1. The number of hydrogen-bond donors (Lipinski definition) is 1. The molecule has 394 valence electrons. The highest BCUT2D eigenvalue weighted by atomic mass is 28.4. The van der Waals surface area contributed by atoms with Crippen LogP contribution in [0.25, 0.3) is 0 Å². The van der Waals surface area contributed by atoms with Crippen molar-refractivity contribution in [2.24, 2.45) is 16.7 Å². The fourth-order valence-corrected chi connectivity index (χ4v) is 12.5. The van der Waals surface area contributed by atoms with Gasteiger partial charge in [-0.15, -0.1) is 0 Å². The van der Waals surface area contributed by atoms with Gasteiger partial charge >= 0.3 is 30.0 Å². The predicted molar refractivity (Wildman–Crippen MR) is 270 cm³/mol. The van der Waals surface area contributed by atoms with Crippen molar-refractivity contribution in [1.82, 2.24) is 5.32 Å². The molecule has 1 saturated carbocycles. The van der Waals surface area contributed by atoms with Crippen LogP contribution in [-0.2, 0) is 68.2 Å². The van der Waals surface area contributed by atoms with Crippen molar-refractivity contribution in [3.05, 3.63) is 131 Å². The second-order valence-electron chi connectivity index (χ2n) is 22.3. The van der Waals surface area contributed by atoms with Gasteiger partial charge in [0.05, 0.1) is 24.0 Å². The number of benzene rings is 3. The molecule has 16 nitrogen and oxygen atoms in total. The topological polar surface area (TPSA) is 205 Å². The number of ether oxygens (including phenoxy) is 7. The van der Waals surface area contributed by atoms with Crippen molar-refractivity contribution in [1.29, 1.82) is 0 Å². The smallest absolute Gasteiger partial charge is 0.461 e. The van der Waals surface area contributed by atoms with Crippen LogP contribution in [0.2, 0.25) is 18.1 Å². The largest absolute Gasteiger partial charge is 0.509 e. The minimum atomic E-state index is -2.90. The van der Waals surface area contributed by atoms with Crippen LogP contribution in [-0.4, -0.2) is 98.4 Å². The van der Waals surface area contributed by atoms with E-state index in [1.165, 1.54) is 6.92 Å². The zero-order valence-corrected chi connectivity index (χ0v) is 44.7. The molecule has 5 aliphatic rings. The molecular weight excluding hydrogens is 967 g/mol. The maximum atomic E-state index is 15.7. The van der Waals surface area contributed by atoms with Gasteiger partial charge in [-0.25, -0.2) is 9.59 Å². The first-order valence-electron chi connectivity index (χ1n) is 25.2. The molecule has 2 saturated heterocycles. The van der Waals surface area contributed by atoms with Gasteiger partial charge in [0.2, 0.25) is 0 Å². The fourth-order valence-electron chi connectivity index (χ4n) is 11.2. The minimum Gasteiger partial charge on any atom is -0.461 e. The Hall–Kier alpha value is -6.43. The molecule has 1 N–H and O–H groups in total. The lowest BCUT2D eigenvalue weighted by molar-refractivity contribution is -0.295. The minimum absolute atomic E-state index is 0.0739. The summed E-state index contributed by atoms with van der Waals surface area (Å²) in [4.78, 5) is 99.4. The van der Waals surface area contributed by atoms with E-state index in [2.05, 4.69) is 5.32 Å². The summed E-state index contributed by atoms with van der Waals surface area (Å²) < 4.78 is 50.4. The highest BCUT2D eigenvalue weighted by molar-refractivity contribution is 6.74. The average Bonchev–Trinajstić information content (AvgIpc) is 3.67. The summed E-state index contributed by atoms with van der Waals surface area (Å²) in [5.41, 5.74) is -4.18. The first kappa shape index (κ1) is 53.8. The Morgan fingerprint density at radius 2 is 1.47 bits per heavy atom. The molecule has 2 bridgehead atoms. The van der Waals surface area contributed by atoms with E-state index in [-0.39, 0.29) is 44.5 Å². The highest BCUT2D eigenvalue weighted by Crippen LogP contribution is 2.65. The Labute approximate surface area is 432 Å². The summed E-state index contributed by atoms with van der Waals surface area (Å²) in [6, 6.07) is 25.6. The molecule has 74 heavy (non-hydrogen) atoms. The standard InChI is InChI=1S/C57H67NO15Si/c1-34-39(69-51(64)46(73-74(9,10)53(3,4)5)44(37-23-16-12-17-24-37)58-50(63)38-25-18-13-19-26-38)31-57-49(70-52(65)72-57)47-55(8,48(62)45(68-35(2)59)43(34)54(57,6)7)30-29-40-56(47,33-67-40)71-42(61)28-20-27-41(60)66-32-36-21-14-11-15-22-36/h11-19,21-26,29-30,39-40,44-47,49H,20,27-28,31-33H2,1-10H3,(H,58,63)/t39-,40+,44-,45+,46+,47-,49-,55+,56-,57+/m0/s1. The van der Waals surface area contributed by atoms with E-state index >= 15 is 9.59 Å². The van der Waals surface area contributed by atoms with E-state index in [1.807, 2.05) is 70.3 Å². The Morgan fingerprint density at radius 3 is 2.08 bits per heavy atom. The fraction of sp³-hybridized carbons (Fsp3) is 0.491. The Kier molecular flexibility index (Phi) is 14.8. The van der Waals surface area contributed by atoms with Crippen molar-refractivity contribution < 1.29 is 71.1 Å². The van der Waals surface area contributed by atoms with Gasteiger partial charge in [0.1, 0.15) is 18.8 Å². The molecule has 10 atom stereocenters. The molecule has 3 aliphatic carbocycles. The maximum Gasteiger partial charge on any atom is 0.509 e. The van der Waals surface area contributed by atoms with Crippen LogP contribution in [0, 0.1) is 16.7 Å². The van der Waals surface area contributed by atoms with Gasteiger partial charge in [-0.3, -0.25) is 24.0 Å². The van der Waals surface area contributed by atoms with Gasteiger partial charge in [0.15, 0.2) is 43.6 Å². The van der Waals surface area contributed by atoms with Gasteiger partial charge < -0.3 is 42.9 Å². The first-order chi connectivity index (χ1) is 34.8. The monoisotopic (exact) mass is 1030 g/mol. The lowest BCUT2D eigenvalue weighted by atomic mass is 9.47. The summed E-state index contributed by atoms with van der Waals surface area (Å²) in [6.07, 6.45) is -4.92. The van der Waals surface area contributed by atoms with Crippen molar-refractivity contribution in [2.75, 3.05) is 6.61 Å². The third-order valence-corrected chi connectivity index (χ3v) is 20.7. The summed E-state index contributed by atoms with van der Waals surface area (Å²) in [5.74, 6) is -5.17. The van der Waals surface area contributed by atoms with Crippen LogP contribution in [0.5, 0.6) is 0 Å². The number of fused-ring (bicyclic) bond motifs is 5. The number of rotatable bonds is 16. The van der Waals surface area contributed by atoms with Gasteiger partial charge in [-0.1, -0.05) is 126 Å². The molecule has 2 heterocycles. The Balaban J connectivity index is 1.18. The molecular formula is C57H67NO15Si.